The molecule has 3 aromatic rings. The molecule has 0 saturated heterocycles. The molecule has 114 valence electrons. The van der Waals surface area contributed by atoms with Gasteiger partial charge in [0.1, 0.15) is 0 Å². The van der Waals surface area contributed by atoms with Gasteiger partial charge in [0.15, 0.2) is 0 Å². The summed E-state index contributed by atoms with van der Waals surface area (Å²) in [5, 5.41) is 2.44. The molecule has 22 heavy (non-hydrogen) atoms. The maximum atomic E-state index is 4.48. The quantitative estimate of drug-likeness (QED) is 0.547. The molecule has 3 rings (SSSR count). The number of rotatable bonds is 2. The van der Waals surface area contributed by atoms with Crippen molar-refractivity contribution in [2.45, 2.75) is 27.7 Å². The molecular formula is C21H25N. The van der Waals surface area contributed by atoms with E-state index in [0.717, 1.165) is 17.5 Å². The molecule has 0 fully saturated rings. The van der Waals surface area contributed by atoms with Crippen molar-refractivity contribution in [3.8, 4) is 11.3 Å². The Labute approximate surface area is 134 Å². The zero-order valence-electron chi connectivity index (χ0n) is 14.0. The molecule has 1 heteroatoms. The highest BCUT2D eigenvalue weighted by Crippen LogP contribution is 2.25. The van der Waals surface area contributed by atoms with Gasteiger partial charge in [-0.05, 0) is 23.3 Å². The molecule has 1 nitrogen and oxygen atoms in total. The number of hydrogen-bond donors (Lipinski definition) is 0. The Kier molecular flexibility index (Phi) is 5.71. The molecule has 0 aliphatic carbocycles. The maximum Gasteiger partial charge on any atom is 0.0780 e. The molecule has 0 saturated carbocycles. The van der Waals surface area contributed by atoms with Crippen molar-refractivity contribution in [2.75, 3.05) is 0 Å². The molecule has 0 atom stereocenters. The number of benzene rings is 2. The van der Waals surface area contributed by atoms with Gasteiger partial charge in [-0.25, -0.2) is 0 Å². The normalized spacial score (nSPS) is 10.6. The Balaban J connectivity index is 0.000000254. The lowest BCUT2D eigenvalue weighted by Gasteiger charge is -2.05. The van der Waals surface area contributed by atoms with E-state index in [2.05, 4.69) is 69.1 Å². The largest absolute Gasteiger partial charge is 0.256 e. The van der Waals surface area contributed by atoms with Crippen LogP contribution in [0.25, 0.3) is 22.0 Å². The average molecular weight is 291 g/mol. The van der Waals surface area contributed by atoms with Crippen molar-refractivity contribution in [3.05, 3.63) is 66.9 Å². The number of pyridine rings is 1. The van der Waals surface area contributed by atoms with Crippen LogP contribution in [0.1, 0.15) is 27.7 Å². The predicted octanol–water partition coefficient (Wildman–Crippen LogP) is 6.20. The number of hydrogen-bond acceptors (Lipinski definition) is 1. The van der Waals surface area contributed by atoms with Gasteiger partial charge in [-0.15, -0.1) is 0 Å². The van der Waals surface area contributed by atoms with E-state index in [1.807, 2.05) is 30.5 Å². The summed E-state index contributed by atoms with van der Waals surface area (Å²) in [6.45, 7) is 8.96. The van der Waals surface area contributed by atoms with Crippen molar-refractivity contribution < 1.29 is 0 Å². The summed E-state index contributed by atoms with van der Waals surface area (Å²) < 4.78 is 0. The van der Waals surface area contributed by atoms with Crippen LogP contribution in [0.2, 0.25) is 0 Å². The highest BCUT2D eigenvalue weighted by Gasteiger charge is 2.03. The maximum absolute atomic E-state index is 4.48. The lowest BCUT2D eigenvalue weighted by atomic mass is 10.0. The number of fused-ring (bicyclic) bond motifs is 1. The first-order valence-corrected chi connectivity index (χ1v) is 7.98. The van der Waals surface area contributed by atoms with Gasteiger partial charge in [-0.1, -0.05) is 82.3 Å². The zero-order valence-corrected chi connectivity index (χ0v) is 14.0. The first kappa shape index (κ1) is 16.2. The fraction of sp³-hybridized carbons (Fsp3) is 0.286. The van der Waals surface area contributed by atoms with E-state index in [9.17, 15) is 0 Å². The summed E-state index contributed by atoms with van der Waals surface area (Å²) in [6, 6.07) is 20.7. The third-order valence-corrected chi connectivity index (χ3v) is 4.05. The first-order chi connectivity index (χ1) is 10.6. The van der Waals surface area contributed by atoms with Crippen LogP contribution in [0, 0.1) is 11.8 Å². The standard InChI is InChI=1S/C15H11N.C6H14/c1-2-7-13(8-3-1)15-14-9-5-4-6-12(14)10-11-16-15;1-5(2)6(3)4/h1-11H;5-6H,1-4H3. The van der Waals surface area contributed by atoms with Crippen LogP contribution >= 0.6 is 0 Å². The Bertz CT molecular complexity index is 688. The number of nitrogens with zero attached hydrogens (tertiary/aromatic N) is 1. The monoisotopic (exact) mass is 291 g/mol. The van der Waals surface area contributed by atoms with E-state index in [4.69, 9.17) is 0 Å². The molecule has 0 spiro atoms. The van der Waals surface area contributed by atoms with E-state index in [1.54, 1.807) is 0 Å². The molecule has 1 heterocycles. The third-order valence-electron chi connectivity index (χ3n) is 4.05. The molecule has 2 aromatic carbocycles. The second-order valence-corrected chi connectivity index (χ2v) is 6.23. The molecule has 0 N–H and O–H groups in total. The SMILES string of the molecule is CC(C)C(C)C.c1ccc(-c2nccc3ccccc23)cc1. The molecule has 0 bridgehead atoms. The van der Waals surface area contributed by atoms with Crippen LogP contribution < -0.4 is 0 Å². The minimum Gasteiger partial charge on any atom is -0.256 e. The van der Waals surface area contributed by atoms with Crippen LogP contribution in [0.15, 0.2) is 66.9 Å². The summed E-state index contributed by atoms with van der Waals surface area (Å²) in [5.74, 6) is 1.70. The summed E-state index contributed by atoms with van der Waals surface area (Å²) >= 11 is 0. The van der Waals surface area contributed by atoms with Crippen LogP contribution in [0.3, 0.4) is 0 Å². The van der Waals surface area contributed by atoms with Crippen molar-refractivity contribution in [3.63, 3.8) is 0 Å². The van der Waals surface area contributed by atoms with Gasteiger partial charge in [-0.2, -0.15) is 0 Å². The lowest BCUT2D eigenvalue weighted by Crippen LogP contribution is -1.95. The summed E-state index contributed by atoms with van der Waals surface area (Å²) in [4.78, 5) is 4.48. The van der Waals surface area contributed by atoms with Gasteiger partial charge in [0.2, 0.25) is 0 Å². The number of aromatic nitrogens is 1. The van der Waals surface area contributed by atoms with Gasteiger partial charge < -0.3 is 0 Å². The topological polar surface area (TPSA) is 12.9 Å². The predicted molar refractivity (Wildman–Crippen MR) is 96.9 cm³/mol. The zero-order chi connectivity index (χ0) is 15.9. The van der Waals surface area contributed by atoms with E-state index in [-0.39, 0.29) is 0 Å². The second kappa shape index (κ2) is 7.74. The van der Waals surface area contributed by atoms with Gasteiger partial charge >= 0.3 is 0 Å². The minimum atomic E-state index is 0.852. The van der Waals surface area contributed by atoms with Gasteiger partial charge in [0, 0.05) is 17.1 Å². The van der Waals surface area contributed by atoms with Gasteiger partial charge in [0.25, 0.3) is 0 Å². The smallest absolute Gasteiger partial charge is 0.0780 e. The lowest BCUT2D eigenvalue weighted by molar-refractivity contribution is 0.457. The highest BCUT2D eigenvalue weighted by molar-refractivity contribution is 5.94. The van der Waals surface area contributed by atoms with Gasteiger partial charge in [-0.3, -0.25) is 4.98 Å². The van der Waals surface area contributed by atoms with E-state index in [1.165, 1.54) is 16.3 Å². The van der Waals surface area contributed by atoms with Crippen LogP contribution in [0.4, 0.5) is 0 Å². The molecular weight excluding hydrogens is 266 g/mol. The Hall–Kier alpha value is -2.15. The van der Waals surface area contributed by atoms with Gasteiger partial charge in [0.05, 0.1) is 5.69 Å². The van der Waals surface area contributed by atoms with Crippen LogP contribution in [-0.2, 0) is 0 Å². The van der Waals surface area contributed by atoms with E-state index in [0.29, 0.717) is 0 Å². The van der Waals surface area contributed by atoms with Crippen molar-refractivity contribution in [1.29, 1.82) is 0 Å². The minimum absolute atomic E-state index is 0.852. The van der Waals surface area contributed by atoms with Crippen molar-refractivity contribution >= 4 is 10.8 Å². The van der Waals surface area contributed by atoms with Crippen LogP contribution in [0.5, 0.6) is 0 Å². The van der Waals surface area contributed by atoms with Crippen molar-refractivity contribution in [1.82, 2.24) is 4.98 Å². The highest BCUT2D eigenvalue weighted by atomic mass is 14.7. The fourth-order valence-electron chi connectivity index (χ4n) is 1.95. The third kappa shape index (κ3) is 4.17. The molecule has 0 unspecified atom stereocenters. The van der Waals surface area contributed by atoms with E-state index >= 15 is 0 Å². The van der Waals surface area contributed by atoms with Crippen LogP contribution in [-0.4, -0.2) is 4.98 Å². The van der Waals surface area contributed by atoms with Crippen molar-refractivity contribution in [2.24, 2.45) is 11.8 Å². The summed E-state index contributed by atoms with van der Waals surface area (Å²) in [6.07, 6.45) is 1.87. The summed E-state index contributed by atoms with van der Waals surface area (Å²) in [5.41, 5.74) is 2.22. The second-order valence-electron chi connectivity index (χ2n) is 6.23. The van der Waals surface area contributed by atoms with E-state index < -0.39 is 0 Å². The molecule has 0 aliphatic heterocycles. The molecule has 0 radical (unpaired) electrons. The molecule has 0 amide bonds. The Morgan fingerprint density at radius 1 is 0.682 bits per heavy atom. The fourth-order valence-corrected chi connectivity index (χ4v) is 1.95. The Morgan fingerprint density at radius 2 is 1.27 bits per heavy atom. The Morgan fingerprint density at radius 3 is 1.91 bits per heavy atom. The molecule has 1 aromatic heterocycles. The first-order valence-electron chi connectivity index (χ1n) is 7.98. The summed E-state index contributed by atoms with van der Waals surface area (Å²) in [7, 11) is 0. The molecule has 0 aliphatic rings. The average Bonchev–Trinajstić information content (AvgIpc) is 2.55.